The summed E-state index contributed by atoms with van der Waals surface area (Å²) < 4.78 is 0. The fraction of sp³-hybridized carbons (Fsp3) is 0.409. The Morgan fingerprint density at radius 2 is 1.71 bits per heavy atom. The first-order chi connectivity index (χ1) is 13.5. The van der Waals surface area contributed by atoms with Crippen molar-refractivity contribution in [1.82, 2.24) is 10.3 Å². The van der Waals surface area contributed by atoms with E-state index in [0.717, 1.165) is 29.7 Å². The number of nitrogens with zero attached hydrogens (tertiary/aromatic N) is 2. The van der Waals surface area contributed by atoms with Crippen molar-refractivity contribution < 1.29 is 14.7 Å². The van der Waals surface area contributed by atoms with Crippen LogP contribution in [0.3, 0.4) is 0 Å². The molecule has 1 amide bonds. The molecular formula is C22H29N3O3. The molecule has 0 aliphatic heterocycles. The number of carboxylic acid groups (broad SMARTS) is 1. The number of benzene rings is 1. The van der Waals surface area contributed by atoms with Crippen LogP contribution in [0.2, 0.25) is 0 Å². The van der Waals surface area contributed by atoms with Crippen molar-refractivity contribution in [1.29, 1.82) is 0 Å². The summed E-state index contributed by atoms with van der Waals surface area (Å²) in [7, 11) is 3.97. The maximum Gasteiger partial charge on any atom is 0.303 e. The van der Waals surface area contributed by atoms with Crippen LogP contribution in [0.15, 0.2) is 48.8 Å². The molecule has 2 rings (SSSR count). The zero-order valence-electron chi connectivity index (χ0n) is 16.6. The smallest absolute Gasteiger partial charge is 0.303 e. The topological polar surface area (TPSA) is 82.5 Å². The van der Waals surface area contributed by atoms with Gasteiger partial charge in [0.2, 0.25) is 5.91 Å². The molecule has 0 saturated carbocycles. The summed E-state index contributed by atoms with van der Waals surface area (Å²) in [6.45, 7) is 0.465. The molecule has 28 heavy (non-hydrogen) atoms. The second-order valence-electron chi connectivity index (χ2n) is 7.10. The third kappa shape index (κ3) is 7.02. The van der Waals surface area contributed by atoms with Crippen LogP contribution in [0.25, 0.3) is 0 Å². The summed E-state index contributed by atoms with van der Waals surface area (Å²) in [6, 6.07) is 11.8. The number of unbranched alkanes of at least 4 members (excludes halogenated alkanes) is 2. The van der Waals surface area contributed by atoms with Gasteiger partial charge in [-0.15, -0.1) is 0 Å². The van der Waals surface area contributed by atoms with Crippen LogP contribution < -0.4 is 10.2 Å². The van der Waals surface area contributed by atoms with Crippen molar-refractivity contribution in [3.05, 3.63) is 59.9 Å². The first-order valence-corrected chi connectivity index (χ1v) is 9.63. The van der Waals surface area contributed by atoms with Crippen LogP contribution in [0.1, 0.15) is 49.1 Å². The van der Waals surface area contributed by atoms with E-state index in [1.807, 2.05) is 55.4 Å². The number of aliphatic carboxylic acids is 1. The zero-order chi connectivity index (χ0) is 20.4. The molecule has 0 unspecified atom stereocenters. The standard InChI is InChI=1S/C22H29N3O3/c1-25(2)19-10-8-18(9-11-19)20(6-4-3-5-7-21(26)27)22(28)24-16-17-12-14-23-15-13-17/h8-15,20H,3-7,16H2,1-2H3,(H,24,28)(H,26,27)/t20-/m0/s1. The molecule has 0 bridgehead atoms. The highest BCUT2D eigenvalue weighted by Gasteiger charge is 2.20. The highest BCUT2D eigenvalue weighted by atomic mass is 16.4. The van der Waals surface area contributed by atoms with Crippen molar-refractivity contribution in [3.63, 3.8) is 0 Å². The number of rotatable bonds is 11. The Morgan fingerprint density at radius 3 is 2.32 bits per heavy atom. The fourth-order valence-corrected chi connectivity index (χ4v) is 3.07. The van der Waals surface area contributed by atoms with E-state index in [1.54, 1.807) is 12.4 Å². The zero-order valence-corrected chi connectivity index (χ0v) is 16.6. The minimum Gasteiger partial charge on any atom is -0.481 e. The molecule has 1 aromatic carbocycles. The first-order valence-electron chi connectivity index (χ1n) is 9.63. The summed E-state index contributed by atoms with van der Waals surface area (Å²) in [4.78, 5) is 29.5. The largest absolute Gasteiger partial charge is 0.481 e. The van der Waals surface area contributed by atoms with Crippen LogP contribution in [0.5, 0.6) is 0 Å². The predicted molar refractivity (Wildman–Crippen MR) is 110 cm³/mol. The van der Waals surface area contributed by atoms with E-state index in [4.69, 9.17) is 5.11 Å². The number of hydrogen-bond donors (Lipinski definition) is 2. The molecule has 0 radical (unpaired) electrons. The van der Waals surface area contributed by atoms with Crippen molar-refractivity contribution in [3.8, 4) is 0 Å². The molecule has 1 heterocycles. The summed E-state index contributed by atoms with van der Waals surface area (Å²) >= 11 is 0. The van der Waals surface area contributed by atoms with E-state index in [0.29, 0.717) is 19.4 Å². The van der Waals surface area contributed by atoms with Gasteiger partial charge in [-0.3, -0.25) is 14.6 Å². The number of carbonyl (C=O) groups is 2. The van der Waals surface area contributed by atoms with Gasteiger partial charge >= 0.3 is 5.97 Å². The van der Waals surface area contributed by atoms with Crippen molar-refractivity contribution in [2.24, 2.45) is 0 Å². The summed E-state index contributed by atoms with van der Waals surface area (Å²) in [6.07, 6.45) is 6.55. The predicted octanol–water partition coefficient (Wildman–Crippen LogP) is 3.58. The van der Waals surface area contributed by atoms with Crippen molar-refractivity contribution in [2.75, 3.05) is 19.0 Å². The number of hydrogen-bond acceptors (Lipinski definition) is 4. The molecule has 0 saturated heterocycles. The summed E-state index contributed by atoms with van der Waals surface area (Å²) in [5.41, 5.74) is 3.07. The van der Waals surface area contributed by atoms with E-state index in [-0.39, 0.29) is 18.2 Å². The second kappa shape index (κ2) is 11.1. The normalized spacial score (nSPS) is 11.6. The number of aromatic nitrogens is 1. The molecule has 0 aliphatic carbocycles. The van der Waals surface area contributed by atoms with Gasteiger partial charge in [0.1, 0.15) is 0 Å². The Kier molecular flexibility index (Phi) is 8.46. The van der Waals surface area contributed by atoms with Crippen LogP contribution >= 0.6 is 0 Å². The van der Waals surface area contributed by atoms with Gasteiger partial charge in [0, 0.05) is 45.1 Å². The fourth-order valence-electron chi connectivity index (χ4n) is 3.07. The third-order valence-corrected chi connectivity index (χ3v) is 4.73. The Hall–Kier alpha value is -2.89. The minimum absolute atomic E-state index is 0.00681. The number of carbonyl (C=O) groups excluding carboxylic acids is 1. The third-order valence-electron chi connectivity index (χ3n) is 4.73. The molecule has 6 heteroatoms. The average Bonchev–Trinajstić information content (AvgIpc) is 2.69. The highest BCUT2D eigenvalue weighted by Crippen LogP contribution is 2.25. The van der Waals surface area contributed by atoms with Crippen LogP contribution in [0.4, 0.5) is 5.69 Å². The molecule has 0 fully saturated rings. The lowest BCUT2D eigenvalue weighted by molar-refractivity contribution is -0.137. The number of anilines is 1. The Bertz CT molecular complexity index is 745. The monoisotopic (exact) mass is 383 g/mol. The number of carboxylic acids is 1. The Balaban J connectivity index is 2.01. The van der Waals surface area contributed by atoms with E-state index in [1.165, 1.54) is 0 Å². The summed E-state index contributed by atoms with van der Waals surface area (Å²) in [5.74, 6) is -1.03. The van der Waals surface area contributed by atoms with Gasteiger partial charge in [0.05, 0.1) is 5.92 Å². The maximum absolute atomic E-state index is 12.9. The molecule has 0 aliphatic rings. The average molecular weight is 383 g/mol. The van der Waals surface area contributed by atoms with E-state index >= 15 is 0 Å². The Morgan fingerprint density at radius 1 is 1.04 bits per heavy atom. The lowest BCUT2D eigenvalue weighted by Gasteiger charge is -2.19. The van der Waals surface area contributed by atoms with E-state index in [9.17, 15) is 9.59 Å². The van der Waals surface area contributed by atoms with Gasteiger partial charge < -0.3 is 15.3 Å². The van der Waals surface area contributed by atoms with Crippen LogP contribution in [-0.2, 0) is 16.1 Å². The Labute approximate surface area is 166 Å². The van der Waals surface area contributed by atoms with Crippen molar-refractivity contribution in [2.45, 2.75) is 44.6 Å². The first kappa shape index (κ1) is 21.4. The molecule has 0 spiro atoms. The molecule has 1 aromatic heterocycles. The minimum atomic E-state index is -0.772. The van der Waals surface area contributed by atoms with Gasteiger partial charge in [-0.25, -0.2) is 0 Å². The molecule has 1 atom stereocenters. The van der Waals surface area contributed by atoms with E-state index < -0.39 is 5.97 Å². The van der Waals surface area contributed by atoms with Gasteiger partial charge in [0.25, 0.3) is 0 Å². The quantitative estimate of drug-likeness (QED) is 0.580. The summed E-state index contributed by atoms with van der Waals surface area (Å²) in [5, 5.41) is 11.8. The number of amides is 1. The van der Waals surface area contributed by atoms with Gasteiger partial charge in [-0.1, -0.05) is 25.0 Å². The van der Waals surface area contributed by atoms with Crippen molar-refractivity contribution >= 4 is 17.6 Å². The van der Waals surface area contributed by atoms with Gasteiger partial charge in [-0.05, 0) is 48.2 Å². The molecule has 6 nitrogen and oxygen atoms in total. The van der Waals surface area contributed by atoms with Crippen LogP contribution in [0, 0.1) is 0 Å². The van der Waals surface area contributed by atoms with Gasteiger partial charge in [-0.2, -0.15) is 0 Å². The SMILES string of the molecule is CN(C)c1ccc([C@H](CCCCCC(=O)O)C(=O)NCc2ccncc2)cc1. The number of pyridine rings is 1. The van der Waals surface area contributed by atoms with Gasteiger partial charge in [0.15, 0.2) is 0 Å². The number of nitrogens with one attached hydrogen (secondary N) is 1. The molecule has 2 N–H and O–H groups in total. The lowest BCUT2D eigenvalue weighted by Crippen LogP contribution is -2.29. The second-order valence-corrected chi connectivity index (χ2v) is 7.10. The molecular weight excluding hydrogens is 354 g/mol. The lowest BCUT2D eigenvalue weighted by atomic mass is 9.91. The van der Waals surface area contributed by atoms with E-state index in [2.05, 4.69) is 10.3 Å². The molecule has 2 aromatic rings. The molecule has 150 valence electrons. The van der Waals surface area contributed by atoms with Crippen LogP contribution in [-0.4, -0.2) is 36.1 Å². The maximum atomic E-state index is 12.9. The highest BCUT2D eigenvalue weighted by molar-refractivity contribution is 5.83.